The summed E-state index contributed by atoms with van der Waals surface area (Å²) >= 11 is 0. The number of nitrogens with zero attached hydrogens (tertiary/aromatic N) is 3. The van der Waals surface area contributed by atoms with Gasteiger partial charge in [-0.15, -0.1) is 6.42 Å². The van der Waals surface area contributed by atoms with Gasteiger partial charge >= 0.3 is 0 Å². The lowest BCUT2D eigenvalue weighted by molar-refractivity contribution is -0.136. The molecule has 4 nitrogen and oxygen atoms in total. The summed E-state index contributed by atoms with van der Waals surface area (Å²) in [7, 11) is 0. The largest absolute Gasteiger partial charge is 0.342 e. The van der Waals surface area contributed by atoms with E-state index in [9.17, 15) is 4.79 Å². The molecule has 1 aliphatic rings. The summed E-state index contributed by atoms with van der Waals surface area (Å²) < 4.78 is 0. The second-order valence-corrected chi connectivity index (χ2v) is 5.91. The van der Waals surface area contributed by atoms with E-state index in [2.05, 4.69) is 29.6 Å². The topological polar surface area (TPSA) is 26.8 Å². The molecule has 1 amide bonds. The number of likely N-dealkylation sites (N-methyl/N-ethyl adjacent to an activating group) is 1. The Kier molecular flexibility index (Phi) is 6.04. The minimum atomic E-state index is -0.196. The number of amides is 1. The van der Waals surface area contributed by atoms with Gasteiger partial charge in [-0.2, -0.15) is 0 Å². The molecule has 0 bridgehead atoms. The van der Waals surface area contributed by atoms with Crippen LogP contribution in [0.5, 0.6) is 0 Å². The standard InChI is InChI=1S/C16H29N3O/c1-7-16(5,6)19-12-10-18(11-13-19)14(4)15(20)17(8-2)9-3/h1,14H,8-13H2,2-6H3. The van der Waals surface area contributed by atoms with Crippen molar-refractivity contribution in [1.29, 1.82) is 0 Å². The van der Waals surface area contributed by atoms with Crippen LogP contribution in [0.2, 0.25) is 0 Å². The Hall–Kier alpha value is -1.05. The Morgan fingerprint density at radius 1 is 1.25 bits per heavy atom. The molecule has 0 aromatic carbocycles. The second-order valence-electron chi connectivity index (χ2n) is 5.91. The van der Waals surface area contributed by atoms with E-state index < -0.39 is 0 Å². The summed E-state index contributed by atoms with van der Waals surface area (Å²) in [6.45, 7) is 15.4. The maximum absolute atomic E-state index is 12.4. The van der Waals surface area contributed by atoms with E-state index in [1.165, 1.54) is 0 Å². The quantitative estimate of drug-likeness (QED) is 0.709. The van der Waals surface area contributed by atoms with E-state index in [0.29, 0.717) is 0 Å². The van der Waals surface area contributed by atoms with Crippen LogP contribution in [0.15, 0.2) is 0 Å². The fourth-order valence-electron chi connectivity index (χ4n) is 2.72. The molecule has 0 saturated carbocycles. The van der Waals surface area contributed by atoms with Crippen molar-refractivity contribution in [3.05, 3.63) is 0 Å². The Balaban J connectivity index is 2.57. The summed E-state index contributed by atoms with van der Waals surface area (Å²) in [4.78, 5) is 18.9. The number of hydrogen-bond acceptors (Lipinski definition) is 3. The fourth-order valence-corrected chi connectivity index (χ4v) is 2.72. The molecule has 0 spiro atoms. The highest BCUT2D eigenvalue weighted by molar-refractivity contribution is 5.81. The van der Waals surface area contributed by atoms with Crippen LogP contribution in [0.4, 0.5) is 0 Å². The van der Waals surface area contributed by atoms with E-state index in [0.717, 1.165) is 39.3 Å². The molecular formula is C16H29N3O. The van der Waals surface area contributed by atoms with Crippen molar-refractivity contribution in [1.82, 2.24) is 14.7 Å². The summed E-state index contributed by atoms with van der Waals surface area (Å²) in [5.41, 5.74) is -0.196. The monoisotopic (exact) mass is 279 g/mol. The predicted molar refractivity (Wildman–Crippen MR) is 83.4 cm³/mol. The first-order valence-corrected chi connectivity index (χ1v) is 7.63. The molecule has 0 aromatic heterocycles. The molecule has 1 atom stereocenters. The zero-order valence-electron chi connectivity index (χ0n) is 13.6. The van der Waals surface area contributed by atoms with Gasteiger partial charge in [0.2, 0.25) is 5.91 Å². The maximum Gasteiger partial charge on any atom is 0.239 e. The Morgan fingerprint density at radius 3 is 2.15 bits per heavy atom. The summed E-state index contributed by atoms with van der Waals surface area (Å²) in [6, 6.07) is -0.0361. The first-order chi connectivity index (χ1) is 9.37. The number of piperazine rings is 1. The molecule has 1 heterocycles. The van der Waals surface area contributed by atoms with E-state index >= 15 is 0 Å². The average molecular weight is 279 g/mol. The van der Waals surface area contributed by atoms with E-state index in [4.69, 9.17) is 6.42 Å². The number of rotatable bonds is 5. The second kappa shape index (κ2) is 7.10. The first kappa shape index (κ1) is 17.0. The number of hydrogen-bond donors (Lipinski definition) is 0. The maximum atomic E-state index is 12.4. The van der Waals surface area contributed by atoms with Crippen LogP contribution in [0, 0.1) is 12.3 Å². The van der Waals surface area contributed by atoms with Gasteiger partial charge in [0.1, 0.15) is 0 Å². The summed E-state index contributed by atoms with van der Waals surface area (Å²) in [5.74, 6) is 3.08. The summed E-state index contributed by atoms with van der Waals surface area (Å²) in [6.07, 6.45) is 5.59. The molecule has 20 heavy (non-hydrogen) atoms. The van der Waals surface area contributed by atoms with Gasteiger partial charge in [0.25, 0.3) is 0 Å². The van der Waals surface area contributed by atoms with Crippen LogP contribution in [-0.4, -0.2) is 71.5 Å². The predicted octanol–water partition coefficient (Wildman–Crippen LogP) is 1.27. The number of terminal acetylenes is 1. The Bertz CT molecular complexity index is 360. The van der Waals surface area contributed by atoms with Gasteiger partial charge < -0.3 is 4.90 Å². The number of carbonyl (C=O) groups excluding carboxylic acids is 1. The highest BCUT2D eigenvalue weighted by Crippen LogP contribution is 2.17. The molecule has 1 unspecified atom stereocenters. The zero-order chi connectivity index (χ0) is 15.3. The van der Waals surface area contributed by atoms with E-state index in [1.807, 2.05) is 25.7 Å². The van der Waals surface area contributed by atoms with Crippen LogP contribution in [0.25, 0.3) is 0 Å². The van der Waals surface area contributed by atoms with Crippen LogP contribution < -0.4 is 0 Å². The third-order valence-corrected chi connectivity index (χ3v) is 4.44. The lowest BCUT2D eigenvalue weighted by Gasteiger charge is -2.43. The van der Waals surface area contributed by atoms with Crippen molar-refractivity contribution < 1.29 is 4.79 Å². The molecule has 0 N–H and O–H groups in total. The highest BCUT2D eigenvalue weighted by Gasteiger charge is 2.32. The van der Waals surface area contributed by atoms with Crippen molar-refractivity contribution in [2.45, 2.75) is 46.2 Å². The molecule has 1 aliphatic heterocycles. The summed E-state index contributed by atoms with van der Waals surface area (Å²) in [5, 5.41) is 0. The van der Waals surface area contributed by atoms with Crippen molar-refractivity contribution in [2.75, 3.05) is 39.3 Å². The molecule has 114 valence electrons. The van der Waals surface area contributed by atoms with Crippen molar-refractivity contribution >= 4 is 5.91 Å². The van der Waals surface area contributed by atoms with Crippen molar-refractivity contribution in [3.63, 3.8) is 0 Å². The van der Waals surface area contributed by atoms with Gasteiger partial charge in [-0.3, -0.25) is 14.6 Å². The van der Waals surface area contributed by atoms with Crippen LogP contribution in [-0.2, 0) is 4.79 Å². The first-order valence-electron chi connectivity index (χ1n) is 7.63. The van der Waals surface area contributed by atoms with Crippen molar-refractivity contribution in [3.8, 4) is 12.3 Å². The molecule has 1 fully saturated rings. The Morgan fingerprint density at radius 2 is 1.75 bits per heavy atom. The minimum Gasteiger partial charge on any atom is -0.342 e. The molecule has 0 radical (unpaired) electrons. The zero-order valence-corrected chi connectivity index (χ0v) is 13.6. The number of carbonyl (C=O) groups is 1. The van der Waals surface area contributed by atoms with E-state index in [1.54, 1.807) is 0 Å². The van der Waals surface area contributed by atoms with Gasteiger partial charge in [-0.25, -0.2) is 0 Å². The molecule has 0 aliphatic carbocycles. The highest BCUT2D eigenvalue weighted by atomic mass is 16.2. The van der Waals surface area contributed by atoms with Gasteiger partial charge in [0.15, 0.2) is 0 Å². The normalized spacial score (nSPS) is 19.4. The van der Waals surface area contributed by atoms with Crippen LogP contribution in [0.3, 0.4) is 0 Å². The molecule has 0 aromatic rings. The third-order valence-electron chi connectivity index (χ3n) is 4.44. The third kappa shape index (κ3) is 3.74. The molecule has 1 saturated heterocycles. The van der Waals surface area contributed by atoms with Gasteiger partial charge in [0, 0.05) is 39.3 Å². The molecule has 4 heteroatoms. The Labute approximate surface area is 124 Å². The molecule has 1 rings (SSSR count). The van der Waals surface area contributed by atoms with Crippen LogP contribution in [0.1, 0.15) is 34.6 Å². The smallest absolute Gasteiger partial charge is 0.239 e. The SMILES string of the molecule is C#CC(C)(C)N1CCN(C(C)C(=O)N(CC)CC)CC1. The van der Waals surface area contributed by atoms with Gasteiger partial charge in [-0.05, 0) is 34.6 Å². The average Bonchev–Trinajstić information content (AvgIpc) is 2.47. The van der Waals surface area contributed by atoms with Gasteiger partial charge in [-0.1, -0.05) is 5.92 Å². The fraction of sp³-hybridized carbons (Fsp3) is 0.812. The van der Waals surface area contributed by atoms with Crippen molar-refractivity contribution in [2.24, 2.45) is 0 Å². The van der Waals surface area contributed by atoms with E-state index in [-0.39, 0.29) is 17.5 Å². The lowest BCUT2D eigenvalue weighted by atomic mass is 10.0. The van der Waals surface area contributed by atoms with Crippen LogP contribution >= 0.6 is 0 Å². The minimum absolute atomic E-state index is 0.0361. The lowest BCUT2D eigenvalue weighted by Crippen LogP contribution is -2.58. The van der Waals surface area contributed by atoms with Gasteiger partial charge in [0.05, 0.1) is 11.6 Å². The molecular weight excluding hydrogens is 250 g/mol.